The average Bonchev–Trinajstić information content (AvgIpc) is 1.62. The molecule has 0 aromatic carbocycles. The van der Waals surface area contributed by atoms with Crippen LogP contribution >= 0.6 is 0 Å². The van der Waals surface area contributed by atoms with Crippen LogP contribution in [0, 0.1) is 5.92 Å². The van der Waals surface area contributed by atoms with Crippen molar-refractivity contribution >= 4 is 5.91 Å². The van der Waals surface area contributed by atoms with E-state index < -0.39 is 0 Å². The Morgan fingerprint density at radius 1 is 1.67 bits per heavy atom. The van der Waals surface area contributed by atoms with Crippen molar-refractivity contribution in [2.45, 2.75) is 0 Å². The van der Waals surface area contributed by atoms with Crippen molar-refractivity contribution < 1.29 is 37.5 Å². The van der Waals surface area contributed by atoms with Crippen LogP contribution in [-0.2, 0) is 37.5 Å². The molecule has 0 atom stereocenters. The quantitative estimate of drug-likeness (QED) is 0.636. The molecule has 0 unspecified atom stereocenters. The molecule has 1 saturated heterocycles. The molecule has 1 heterocycles. The summed E-state index contributed by atoms with van der Waals surface area (Å²) >= 11 is 0. The zero-order valence-electron chi connectivity index (χ0n) is 5.42. The van der Waals surface area contributed by atoms with Crippen LogP contribution in [0.3, 0.4) is 0 Å². The largest absolute Gasteiger partial charge is 0.656 e. The summed E-state index contributed by atoms with van der Waals surface area (Å²) in [5.41, 5.74) is 0. The van der Waals surface area contributed by atoms with Gasteiger partial charge in [0.05, 0.1) is 5.91 Å². The van der Waals surface area contributed by atoms with Crippen molar-refractivity contribution in [1.29, 1.82) is 0 Å². The van der Waals surface area contributed by atoms with E-state index in [1.165, 1.54) is 0 Å². The zero-order valence-corrected chi connectivity index (χ0v) is 8.26. The van der Waals surface area contributed by atoms with E-state index in [9.17, 15) is 4.79 Å². The van der Waals surface area contributed by atoms with Gasteiger partial charge < -0.3 is 15.4 Å². The third-order valence-corrected chi connectivity index (χ3v) is 1.35. The Kier molecular flexibility index (Phi) is 4.62. The molecule has 9 heavy (non-hydrogen) atoms. The van der Waals surface area contributed by atoms with Gasteiger partial charge in [0.2, 0.25) is 0 Å². The van der Waals surface area contributed by atoms with Crippen LogP contribution in [0.15, 0.2) is 0 Å². The Morgan fingerprint density at radius 3 is 2.33 bits per heavy atom. The number of amides is 1. The van der Waals surface area contributed by atoms with Gasteiger partial charge in [0, 0.05) is 51.7 Å². The normalized spacial score (nSPS) is 17.4. The van der Waals surface area contributed by atoms with Crippen molar-refractivity contribution in [2.24, 2.45) is 5.92 Å². The second-order valence-electron chi connectivity index (χ2n) is 1.92. The van der Waals surface area contributed by atoms with Gasteiger partial charge in [0.25, 0.3) is 0 Å². The Morgan fingerprint density at radius 2 is 2.22 bits per heavy atom. The van der Waals surface area contributed by atoms with Crippen molar-refractivity contribution in [1.82, 2.24) is 5.32 Å². The van der Waals surface area contributed by atoms with Crippen molar-refractivity contribution in [3.05, 3.63) is 5.32 Å². The minimum atomic E-state index is 0. The smallest absolute Gasteiger partial charge is 0.0566 e. The molecule has 1 fully saturated rings. The van der Waals surface area contributed by atoms with E-state index in [0.717, 1.165) is 13.1 Å². The number of nitrogens with zero attached hydrogens (tertiary/aromatic N) is 1. The summed E-state index contributed by atoms with van der Waals surface area (Å²) in [6.07, 6.45) is 0. The molecule has 1 radical (unpaired) electrons. The van der Waals surface area contributed by atoms with Gasteiger partial charge in [-0.05, 0) is 0 Å². The van der Waals surface area contributed by atoms with Crippen LogP contribution in [0.1, 0.15) is 0 Å². The number of carbonyl (C=O) groups is 1. The summed E-state index contributed by atoms with van der Waals surface area (Å²) in [6.45, 7) is 1.63. The zero-order chi connectivity index (χ0) is 5.98. The molecule has 49 valence electrons. The number of hydrogen-bond donors (Lipinski definition) is 1. The Hall–Kier alpha value is 0.534. The van der Waals surface area contributed by atoms with Crippen LogP contribution in [0.5, 0.6) is 0 Å². The van der Waals surface area contributed by atoms with Gasteiger partial charge in [-0.15, -0.1) is 7.05 Å². The average molecular weight is 202 g/mol. The maximum absolute atomic E-state index is 10.6. The molecule has 0 spiro atoms. The molecule has 1 N–H and O–H groups in total. The van der Waals surface area contributed by atoms with E-state index in [0.29, 0.717) is 0 Å². The van der Waals surface area contributed by atoms with Gasteiger partial charge in [0.15, 0.2) is 0 Å². The molecule has 1 amide bonds. The van der Waals surface area contributed by atoms with Gasteiger partial charge >= 0.3 is 0 Å². The summed E-state index contributed by atoms with van der Waals surface area (Å²) in [4.78, 5) is 10.6. The number of nitrogens with one attached hydrogen (secondary N) is 1. The summed E-state index contributed by atoms with van der Waals surface area (Å²) < 4.78 is 0. The van der Waals surface area contributed by atoms with E-state index in [4.69, 9.17) is 0 Å². The molecule has 0 saturated carbocycles. The van der Waals surface area contributed by atoms with E-state index >= 15 is 0 Å². The Bertz CT molecular complexity index is 103. The fraction of sp³-hybridized carbons (Fsp3) is 0.800. The van der Waals surface area contributed by atoms with E-state index in [1.54, 1.807) is 7.05 Å². The van der Waals surface area contributed by atoms with Crippen LogP contribution in [-0.4, -0.2) is 26.0 Å². The second kappa shape index (κ2) is 4.37. The van der Waals surface area contributed by atoms with Crippen LogP contribution in [0.2, 0.25) is 0 Å². The second-order valence-corrected chi connectivity index (χ2v) is 1.92. The van der Waals surface area contributed by atoms with Crippen molar-refractivity contribution in [2.75, 3.05) is 20.1 Å². The first-order valence-corrected chi connectivity index (χ1v) is 2.69. The molecule has 1 rings (SSSR count). The summed E-state index contributed by atoms with van der Waals surface area (Å²) in [7, 11) is 1.54. The molecule has 1 aliphatic heterocycles. The predicted octanol–water partition coefficient (Wildman–Crippen LogP) is -0.267. The van der Waals surface area contributed by atoms with Crippen molar-refractivity contribution in [3.63, 3.8) is 0 Å². The molecule has 0 aromatic heterocycles. The summed E-state index contributed by atoms with van der Waals surface area (Å²) in [5, 5.41) is 6.53. The molecule has 0 aromatic rings. The van der Waals surface area contributed by atoms with Gasteiger partial charge in [-0.25, -0.2) is 0 Å². The van der Waals surface area contributed by atoms with Gasteiger partial charge in [-0.2, -0.15) is 0 Å². The number of rotatable bonds is 1. The molecule has 1 aliphatic rings. The van der Waals surface area contributed by atoms with Gasteiger partial charge in [-0.3, -0.25) is 0 Å². The molecule has 0 aliphatic carbocycles. The molecule has 0 bridgehead atoms. The van der Waals surface area contributed by atoms with Gasteiger partial charge in [-0.1, -0.05) is 0 Å². The Labute approximate surface area is 79.8 Å². The first kappa shape index (κ1) is 9.53. The van der Waals surface area contributed by atoms with Crippen LogP contribution in [0.25, 0.3) is 5.32 Å². The fourth-order valence-electron chi connectivity index (χ4n) is 0.646. The topological polar surface area (TPSA) is 43.2 Å². The maximum Gasteiger partial charge on any atom is 0.0566 e. The van der Waals surface area contributed by atoms with Crippen LogP contribution < -0.4 is 5.32 Å². The minimum Gasteiger partial charge on any atom is -0.656 e. The summed E-state index contributed by atoms with van der Waals surface area (Å²) in [5.74, 6) is 0.212. The Balaban J connectivity index is 0.000000640. The van der Waals surface area contributed by atoms with Crippen molar-refractivity contribution in [3.8, 4) is 0 Å². The fourth-order valence-corrected chi connectivity index (χ4v) is 0.646. The monoisotopic (exact) mass is 202 g/mol. The third kappa shape index (κ3) is 2.32. The van der Waals surface area contributed by atoms with Crippen LogP contribution in [0.4, 0.5) is 0 Å². The van der Waals surface area contributed by atoms with E-state index in [-0.39, 0.29) is 44.5 Å². The molecule has 3 nitrogen and oxygen atoms in total. The van der Waals surface area contributed by atoms with E-state index in [2.05, 4.69) is 10.6 Å². The first-order chi connectivity index (χ1) is 3.84. The van der Waals surface area contributed by atoms with E-state index in [1.807, 2.05) is 0 Å². The molecular formula is C5H9N2OY-. The maximum atomic E-state index is 10.6. The minimum absolute atomic E-state index is 0. The molecule has 4 heteroatoms. The number of carbonyl (C=O) groups excluding carboxylic acids is 1. The van der Waals surface area contributed by atoms with Gasteiger partial charge in [0.1, 0.15) is 0 Å². The predicted molar refractivity (Wildman–Crippen MR) is 30.6 cm³/mol. The third-order valence-electron chi connectivity index (χ3n) is 1.35. The number of hydrogen-bond acceptors (Lipinski definition) is 2. The first-order valence-electron chi connectivity index (χ1n) is 2.69. The SMILES string of the molecule is C[N-]C(=O)C1CNC1.[Y]. The summed E-state index contributed by atoms with van der Waals surface area (Å²) in [6, 6.07) is 0. The standard InChI is InChI=1S/C5H10N2O.Y/c1-6-5(8)4-2-7-3-4;/h4,7H,2-3H2,1H3,(H,6,8);/p-1. The molecular weight excluding hydrogens is 193 g/mol.